The van der Waals surface area contributed by atoms with Gasteiger partial charge in [0.05, 0.1) is 13.2 Å². The Labute approximate surface area is 76.5 Å². The molecule has 1 atom stereocenters. The first-order valence-electron chi connectivity index (χ1n) is 4.33. The molecule has 3 heteroatoms. The maximum atomic E-state index is 5.42. The van der Waals surface area contributed by atoms with Crippen LogP contribution in [0.15, 0.2) is 23.9 Å². The molecule has 2 nitrogen and oxygen atoms in total. The highest BCUT2D eigenvalue weighted by Gasteiger charge is 2.07. The third kappa shape index (κ3) is 4.23. The van der Waals surface area contributed by atoms with Gasteiger partial charge in [-0.1, -0.05) is 12.2 Å². The minimum Gasteiger partial charge on any atom is -0.500 e. The predicted molar refractivity (Wildman–Crippen MR) is 54.5 cm³/mol. The molecule has 0 aliphatic rings. The Morgan fingerprint density at radius 2 is 2.08 bits per heavy atom. The van der Waals surface area contributed by atoms with E-state index in [1.807, 2.05) is 19.5 Å². The van der Waals surface area contributed by atoms with Crippen LogP contribution >= 0.6 is 0 Å². The molecule has 0 radical (unpaired) electrons. The van der Waals surface area contributed by atoms with Gasteiger partial charge in [-0.25, -0.2) is 0 Å². The Hall–Kier alpha value is -0.703. The first-order valence-corrected chi connectivity index (χ1v) is 6.73. The maximum Gasteiger partial charge on any atom is 0.139 e. The zero-order valence-electron chi connectivity index (χ0n) is 8.17. The number of hydrogen-bond donors (Lipinski definition) is 0. The molecule has 0 bridgehead atoms. The second-order valence-electron chi connectivity index (χ2n) is 2.43. The van der Waals surface area contributed by atoms with Crippen molar-refractivity contribution in [3.05, 3.63) is 23.9 Å². The number of rotatable bonds is 6. The van der Waals surface area contributed by atoms with Crippen molar-refractivity contribution in [3.63, 3.8) is 0 Å². The standard InChI is InChI=1S/C9H18O2Si/c1-5-10-8-9(11-6-2)12(4)7-3/h7-8,12H,3,5-6H2,1-2,4H3. The summed E-state index contributed by atoms with van der Waals surface area (Å²) in [5.41, 5.74) is 1.97. The van der Waals surface area contributed by atoms with Crippen molar-refractivity contribution in [3.8, 4) is 0 Å². The maximum absolute atomic E-state index is 5.42. The first-order chi connectivity index (χ1) is 5.76. The van der Waals surface area contributed by atoms with Gasteiger partial charge in [0.1, 0.15) is 20.4 Å². The Kier molecular flexibility index (Phi) is 6.57. The van der Waals surface area contributed by atoms with Crippen LogP contribution in [0.25, 0.3) is 0 Å². The van der Waals surface area contributed by atoms with Crippen LogP contribution in [0.5, 0.6) is 0 Å². The highest BCUT2D eigenvalue weighted by atomic mass is 28.3. The van der Waals surface area contributed by atoms with Gasteiger partial charge in [0.15, 0.2) is 0 Å². The summed E-state index contributed by atoms with van der Waals surface area (Å²) < 4.78 is 10.6. The van der Waals surface area contributed by atoms with Crippen LogP contribution in [0.4, 0.5) is 0 Å². The summed E-state index contributed by atoms with van der Waals surface area (Å²) in [5, 5.41) is 0.981. The SMILES string of the molecule is C=C[SiH](C)C(=COCC)OCC. The Morgan fingerprint density at radius 3 is 2.50 bits per heavy atom. The van der Waals surface area contributed by atoms with Crippen LogP contribution in [-0.2, 0) is 9.47 Å². The quantitative estimate of drug-likeness (QED) is 0.467. The molecular formula is C9H18O2Si. The van der Waals surface area contributed by atoms with Crippen molar-refractivity contribution in [1.82, 2.24) is 0 Å². The van der Waals surface area contributed by atoms with E-state index < -0.39 is 8.80 Å². The van der Waals surface area contributed by atoms with Crippen molar-refractivity contribution in [2.75, 3.05) is 13.2 Å². The average Bonchev–Trinajstić information content (AvgIpc) is 2.11. The molecule has 1 unspecified atom stereocenters. The summed E-state index contributed by atoms with van der Waals surface area (Å²) in [4.78, 5) is 0. The van der Waals surface area contributed by atoms with E-state index in [1.54, 1.807) is 6.26 Å². The zero-order chi connectivity index (χ0) is 9.40. The van der Waals surface area contributed by atoms with Gasteiger partial charge < -0.3 is 9.47 Å². The van der Waals surface area contributed by atoms with E-state index >= 15 is 0 Å². The molecule has 0 aliphatic heterocycles. The summed E-state index contributed by atoms with van der Waals surface area (Å²) in [5.74, 6) is 0. The lowest BCUT2D eigenvalue weighted by molar-refractivity contribution is 0.209. The predicted octanol–water partition coefficient (Wildman–Crippen LogP) is 2.02. The van der Waals surface area contributed by atoms with Gasteiger partial charge in [-0.2, -0.15) is 0 Å². The summed E-state index contributed by atoms with van der Waals surface area (Å²) in [6.45, 7) is 11.2. The van der Waals surface area contributed by atoms with Crippen LogP contribution in [0.1, 0.15) is 13.8 Å². The molecule has 12 heavy (non-hydrogen) atoms. The molecule has 0 N–H and O–H groups in total. The van der Waals surface area contributed by atoms with Gasteiger partial charge in [0.2, 0.25) is 0 Å². The second kappa shape index (κ2) is 6.97. The van der Waals surface area contributed by atoms with Gasteiger partial charge in [0.25, 0.3) is 0 Å². The fraction of sp³-hybridized carbons (Fsp3) is 0.556. The number of ether oxygens (including phenoxy) is 2. The van der Waals surface area contributed by atoms with E-state index in [4.69, 9.17) is 9.47 Å². The van der Waals surface area contributed by atoms with E-state index in [0.29, 0.717) is 13.2 Å². The van der Waals surface area contributed by atoms with Gasteiger partial charge in [-0.05, 0) is 13.8 Å². The lowest BCUT2D eigenvalue weighted by Crippen LogP contribution is -2.12. The largest absolute Gasteiger partial charge is 0.500 e. The zero-order valence-corrected chi connectivity index (χ0v) is 9.32. The molecule has 70 valence electrons. The van der Waals surface area contributed by atoms with Crippen LogP contribution in [0.2, 0.25) is 6.55 Å². The van der Waals surface area contributed by atoms with E-state index in [2.05, 4.69) is 13.1 Å². The molecule has 0 aromatic rings. The normalized spacial score (nSPS) is 13.8. The van der Waals surface area contributed by atoms with Crippen LogP contribution < -0.4 is 0 Å². The van der Waals surface area contributed by atoms with Crippen molar-refractivity contribution in [1.29, 1.82) is 0 Å². The second-order valence-corrected chi connectivity index (χ2v) is 5.05. The molecule has 0 heterocycles. The van der Waals surface area contributed by atoms with Crippen molar-refractivity contribution >= 4 is 8.80 Å². The van der Waals surface area contributed by atoms with Crippen molar-refractivity contribution < 1.29 is 9.47 Å². The van der Waals surface area contributed by atoms with Gasteiger partial charge in [-0.3, -0.25) is 0 Å². The summed E-state index contributed by atoms with van der Waals surface area (Å²) in [7, 11) is -1.07. The number of hydrogen-bond acceptors (Lipinski definition) is 2. The lowest BCUT2D eigenvalue weighted by Gasteiger charge is -2.11. The van der Waals surface area contributed by atoms with Crippen molar-refractivity contribution in [2.24, 2.45) is 0 Å². The Bertz CT molecular complexity index is 155. The van der Waals surface area contributed by atoms with E-state index in [0.717, 1.165) is 5.38 Å². The Morgan fingerprint density at radius 1 is 1.42 bits per heavy atom. The third-order valence-corrected chi connectivity index (χ3v) is 3.39. The highest BCUT2D eigenvalue weighted by Crippen LogP contribution is 2.04. The minimum atomic E-state index is -1.07. The lowest BCUT2D eigenvalue weighted by atomic mass is 10.8. The van der Waals surface area contributed by atoms with Gasteiger partial charge in [-0.15, -0.1) is 6.58 Å². The molecule has 0 saturated heterocycles. The topological polar surface area (TPSA) is 18.5 Å². The third-order valence-electron chi connectivity index (χ3n) is 1.48. The molecule has 0 saturated carbocycles. The highest BCUT2D eigenvalue weighted by molar-refractivity contribution is 6.69. The van der Waals surface area contributed by atoms with Crippen LogP contribution in [-0.4, -0.2) is 22.0 Å². The average molecular weight is 186 g/mol. The first kappa shape index (κ1) is 11.3. The Balaban J connectivity index is 4.09. The van der Waals surface area contributed by atoms with Crippen LogP contribution in [0.3, 0.4) is 0 Å². The molecule has 0 spiro atoms. The van der Waals surface area contributed by atoms with E-state index in [9.17, 15) is 0 Å². The van der Waals surface area contributed by atoms with Gasteiger partial charge >= 0.3 is 0 Å². The summed E-state index contributed by atoms with van der Waals surface area (Å²) in [6.07, 6.45) is 1.72. The van der Waals surface area contributed by atoms with Gasteiger partial charge in [0, 0.05) is 0 Å². The molecule has 0 rings (SSSR count). The summed E-state index contributed by atoms with van der Waals surface area (Å²) >= 11 is 0. The smallest absolute Gasteiger partial charge is 0.139 e. The summed E-state index contributed by atoms with van der Waals surface area (Å²) in [6, 6.07) is 0. The molecule has 0 aliphatic carbocycles. The van der Waals surface area contributed by atoms with E-state index in [-0.39, 0.29) is 0 Å². The van der Waals surface area contributed by atoms with Crippen molar-refractivity contribution in [2.45, 2.75) is 20.4 Å². The molecule has 0 amide bonds. The van der Waals surface area contributed by atoms with E-state index in [1.165, 1.54) is 0 Å². The molecule has 0 fully saturated rings. The monoisotopic (exact) mass is 186 g/mol. The minimum absolute atomic E-state index is 0.689. The molecule has 0 aromatic heterocycles. The molecular weight excluding hydrogens is 168 g/mol. The fourth-order valence-electron chi connectivity index (χ4n) is 0.721. The molecule has 0 aromatic carbocycles. The fourth-order valence-corrected chi connectivity index (χ4v) is 1.69. The van der Waals surface area contributed by atoms with Crippen LogP contribution in [0, 0.1) is 0 Å².